The molecule has 0 fully saturated rings. The molecule has 3 N–H and O–H groups in total. The number of carbonyl (C=O) groups is 1. The van der Waals surface area contributed by atoms with Gasteiger partial charge in [0, 0.05) is 18.7 Å². The van der Waals surface area contributed by atoms with Gasteiger partial charge in [-0.3, -0.25) is 19.1 Å². The van der Waals surface area contributed by atoms with Crippen molar-refractivity contribution in [2.24, 2.45) is 5.92 Å². The number of nitrogen functional groups attached to an aromatic ring is 1. The smallest absolute Gasteiger partial charge is 0.330 e. The molecule has 8 nitrogen and oxygen atoms in total. The Hall–Kier alpha value is -3.03. The summed E-state index contributed by atoms with van der Waals surface area (Å²) < 4.78 is 6.50. The Morgan fingerprint density at radius 3 is 2.64 bits per heavy atom. The van der Waals surface area contributed by atoms with Gasteiger partial charge < -0.3 is 15.4 Å². The molecule has 2 aromatic rings. The molecule has 152 valence electrons. The molecule has 1 heterocycles. The number of H-pyrrole nitrogens is 1. The van der Waals surface area contributed by atoms with Gasteiger partial charge >= 0.3 is 5.69 Å². The molecule has 0 aliphatic rings. The number of hydrogen-bond donors (Lipinski definition) is 2. The number of ether oxygens (including phenoxy) is 1. The zero-order valence-corrected chi connectivity index (χ0v) is 16.8. The van der Waals surface area contributed by atoms with Crippen LogP contribution in [-0.4, -0.2) is 29.1 Å². The van der Waals surface area contributed by atoms with Gasteiger partial charge in [-0.2, -0.15) is 0 Å². The number of amides is 1. The standard InChI is InChI=1S/C20H28N4O4/c1-5-6-10-23-17(21)16(18(25)22-20(23)27)24(12-13(2)3)19(26)14-8-7-9-15(11-14)28-4/h7-9,11,13H,5-6,10,12,21H2,1-4H3,(H,22,25,27). The second kappa shape index (κ2) is 9.25. The van der Waals surface area contributed by atoms with Crippen LogP contribution in [-0.2, 0) is 6.54 Å². The minimum atomic E-state index is -0.674. The van der Waals surface area contributed by atoms with Crippen LogP contribution in [0.3, 0.4) is 0 Å². The predicted octanol–water partition coefficient (Wildman–Crippen LogP) is 2.23. The summed E-state index contributed by atoms with van der Waals surface area (Å²) in [5, 5.41) is 0. The Bertz CT molecular complexity index is 946. The van der Waals surface area contributed by atoms with Crippen molar-refractivity contribution < 1.29 is 9.53 Å². The van der Waals surface area contributed by atoms with Crippen LogP contribution in [0.25, 0.3) is 0 Å². The van der Waals surface area contributed by atoms with E-state index in [0.29, 0.717) is 17.9 Å². The van der Waals surface area contributed by atoms with E-state index in [0.717, 1.165) is 12.8 Å². The fraction of sp³-hybridized carbons (Fsp3) is 0.450. The molecule has 0 spiro atoms. The molecular weight excluding hydrogens is 360 g/mol. The van der Waals surface area contributed by atoms with Gasteiger partial charge in [-0.1, -0.05) is 33.3 Å². The maximum absolute atomic E-state index is 13.2. The van der Waals surface area contributed by atoms with Crippen LogP contribution in [0.15, 0.2) is 33.9 Å². The predicted molar refractivity (Wildman–Crippen MR) is 110 cm³/mol. The Morgan fingerprint density at radius 1 is 1.32 bits per heavy atom. The monoisotopic (exact) mass is 388 g/mol. The first-order chi connectivity index (χ1) is 13.3. The quantitative estimate of drug-likeness (QED) is 0.720. The van der Waals surface area contributed by atoms with Crippen LogP contribution in [0.1, 0.15) is 44.0 Å². The van der Waals surface area contributed by atoms with Crippen LogP contribution in [0.5, 0.6) is 5.75 Å². The van der Waals surface area contributed by atoms with Gasteiger partial charge in [0.1, 0.15) is 11.6 Å². The third-order valence-corrected chi connectivity index (χ3v) is 4.33. The van der Waals surface area contributed by atoms with Crippen molar-refractivity contribution in [3.8, 4) is 5.75 Å². The van der Waals surface area contributed by atoms with Gasteiger partial charge in [0.25, 0.3) is 11.5 Å². The van der Waals surface area contributed by atoms with E-state index in [1.54, 1.807) is 24.3 Å². The molecule has 0 unspecified atom stereocenters. The summed E-state index contributed by atoms with van der Waals surface area (Å²) in [6.45, 7) is 6.50. The SMILES string of the molecule is CCCCn1c(N)c(N(CC(C)C)C(=O)c2cccc(OC)c2)c(=O)[nH]c1=O. The number of nitrogens with zero attached hydrogens (tertiary/aromatic N) is 2. The van der Waals surface area contributed by atoms with Crippen molar-refractivity contribution in [1.29, 1.82) is 0 Å². The number of aromatic nitrogens is 2. The van der Waals surface area contributed by atoms with Crippen molar-refractivity contribution in [2.45, 2.75) is 40.2 Å². The van der Waals surface area contributed by atoms with E-state index in [1.807, 2.05) is 20.8 Å². The highest BCUT2D eigenvalue weighted by Crippen LogP contribution is 2.22. The van der Waals surface area contributed by atoms with Crippen molar-refractivity contribution in [2.75, 3.05) is 24.3 Å². The fourth-order valence-electron chi connectivity index (χ4n) is 2.93. The van der Waals surface area contributed by atoms with Gasteiger partial charge in [0.15, 0.2) is 5.69 Å². The van der Waals surface area contributed by atoms with E-state index in [4.69, 9.17) is 10.5 Å². The van der Waals surface area contributed by atoms with Crippen molar-refractivity contribution in [3.05, 3.63) is 50.7 Å². The molecule has 0 atom stereocenters. The first-order valence-electron chi connectivity index (χ1n) is 9.38. The van der Waals surface area contributed by atoms with Crippen LogP contribution < -0.4 is 26.6 Å². The van der Waals surface area contributed by atoms with Crippen LogP contribution >= 0.6 is 0 Å². The molecule has 0 aliphatic carbocycles. The first-order valence-corrected chi connectivity index (χ1v) is 9.38. The molecule has 1 aromatic carbocycles. The second-order valence-electron chi connectivity index (χ2n) is 7.04. The van der Waals surface area contributed by atoms with Crippen LogP contribution in [0.4, 0.5) is 11.5 Å². The summed E-state index contributed by atoms with van der Waals surface area (Å²) in [5.74, 6) is 0.221. The number of aromatic amines is 1. The number of nitrogens with one attached hydrogen (secondary N) is 1. The summed E-state index contributed by atoms with van der Waals surface area (Å²) in [7, 11) is 1.52. The van der Waals surface area contributed by atoms with E-state index in [9.17, 15) is 14.4 Å². The van der Waals surface area contributed by atoms with Gasteiger partial charge in [-0.25, -0.2) is 4.79 Å². The van der Waals surface area contributed by atoms with E-state index >= 15 is 0 Å². The Balaban J connectivity index is 2.61. The number of hydrogen-bond acceptors (Lipinski definition) is 5. The third kappa shape index (κ3) is 4.62. The lowest BCUT2D eigenvalue weighted by atomic mass is 10.1. The minimum absolute atomic E-state index is 0.000837. The van der Waals surface area contributed by atoms with Gasteiger partial charge in [0.05, 0.1) is 7.11 Å². The summed E-state index contributed by atoms with van der Waals surface area (Å²) in [6, 6.07) is 6.69. The molecule has 0 radical (unpaired) electrons. The molecule has 0 aliphatic heterocycles. The van der Waals surface area contributed by atoms with E-state index < -0.39 is 11.2 Å². The maximum Gasteiger partial charge on any atom is 0.330 e. The normalized spacial score (nSPS) is 10.9. The molecule has 1 amide bonds. The highest BCUT2D eigenvalue weighted by Gasteiger charge is 2.26. The lowest BCUT2D eigenvalue weighted by Gasteiger charge is -2.26. The van der Waals surface area contributed by atoms with Gasteiger partial charge in [0.2, 0.25) is 0 Å². The van der Waals surface area contributed by atoms with Gasteiger partial charge in [-0.15, -0.1) is 0 Å². The molecular formula is C20H28N4O4. The summed E-state index contributed by atoms with van der Waals surface area (Å²) in [6.07, 6.45) is 1.59. The zero-order chi connectivity index (χ0) is 20.8. The minimum Gasteiger partial charge on any atom is -0.497 e. The van der Waals surface area contributed by atoms with Crippen molar-refractivity contribution >= 4 is 17.4 Å². The lowest BCUT2D eigenvalue weighted by molar-refractivity contribution is 0.0983. The average Bonchev–Trinajstić information content (AvgIpc) is 2.66. The second-order valence-corrected chi connectivity index (χ2v) is 7.04. The molecule has 0 saturated carbocycles. The van der Waals surface area contributed by atoms with E-state index in [1.165, 1.54) is 16.6 Å². The van der Waals surface area contributed by atoms with Crippen molar-refractivity contribution in [1.82, 2.24) is 9.55 Å². The highest BCUT2D eigenvalue weighted by atomic mass is 16.5. The number of unbranched alkanes of at least 4 members (excludes halogenated alkanes) is 1. The molecule has 1 aromatic heterocycles. The maximum atomic E-state index is 13.2. The van der Waals surface area contributed by atoms with Crippen LogP contribution in [0, 0.1) is 5.92 Å². The topological polar surface area (TPSA) is 110 Å². The zero-order valence-electron chi connectivity index (χ0n) is 16.8. The Morgan fingerprint density at radius 2 is 2.04 bits per heavy atom. The number of methoxy groups -OCH3 is 1. The molecule has 0 saturated heterocycles. The van der Waals surface area contributed by atoms with Gasteiger partial charge in [-0.05, 0) is 30.5 Å². The molecule has 28 heavy (non-hydrogen) atoms. The highest BCUT2D eigenvalue weighted by molar-refractivity contribution is 6.07. The number of anilines is 2. The molecule has 2 rings (SSSR count). The largest absolute Gasteiger partial charge is 0.497 e. The van der Waals surface area contributed by atoms with E-state index in [-0.39, 0.29) is 29.9 Å². The summed E-state index contributed by atoms with van der Waals surface area (Å²) >= 11 is 0. The fourth-order valence-corrected chi connectivity index (χ4v) is 2.93. The number of nitrogens with two attached hydrogens (primary N) is 1. The Labute approximate surface area is 163 Å². The number of rotatable bonds is 8. The van der Waals surface area contributed by atoms with E-state index in [2.05, 4.69) is 4.98 Å². The third-order valence-electron chi connectivity index (χ3n) is 4.33. The lowest BCUT2D eigenvalue weighted by Crippen LogP contribution is -2.42. The average molecular weight is 388 g/mol. The molecule has 8 heteroatoms. The van der Waals surface area contributed by atoms with Crippen LogP contribution in [0.2, 0.25) is 0 Å². The van der Waals surface area contributed by atoms with Crippen molar-refractivity contribution in [3.63, 3.8) is 0 Å². The first kappa shape index (κ1) is 21.3. The number of benzene rings is 1. The molecule has 0 bridgehead atoms. The Kier molecular flexibility index (Phi) is 7.03. The number of carbonyl (C=O) groups excluding carboxylic acids is 1. The summed E-state index contributed by atoms with van der Waals surface area (Å²) in [4.78, 5) is 41.7. The summed E-state index contributed by atoms with van der Waals surface area (Å²) in [5.41, 5.74) is 5.32.